The number of urea groups is 1. The molecule has 2 aromatic rings. The van der Waals surface area contributed by atoms with E-state index in [2.05, 4.69) is 17.3 Å². The molecule has 2 aromatic carbocycles. The molecule has 0 bridgehead atoms. The number of anilines is 2. The van der Waals surface area contributed by atoms with Gasteiger partial charge in [0.15, 0.2) is 0 Å². The summed E-state index contributed by atoms with van der Waals surface area (Å²) < 4.78 is 0. The molecule has 4 aliphatic rings. The number of likely N-dealkylation sites (tertiary alicyclic amines) is 3. The molecule has 1 atom stereocenters. The summed E-state index contributed by atoms with van der Waals surface area (Å²) in [7, 11) is 2.20. The molecule has 4 aliphatic heterocycles. The first kappa shape index (κ1) is 33.6. The summed E-state index contributed by atoms with van der Waals surface area (Å²) >= 11 is 6.52. The van der Waals surface area contributed by atoms with E-state index in [0.29, 0.717) is 42.7 Å². The Balaban J connectivity index is 1.10. The number of benzene rings is 2. The molecule has 47 heavy (non-hydrogen) atoms. The Morgan fingerprint density at radius 2 is 1.57 bits per heavy atom. The molecule has 4 heterocycles. The van der Waals surface area contributed by atoms with Gasteiger partial charge in [-0.15, -0.1) is 0 Å². The highest BCUT2D eigenvalue weighted by atomic mass is 35.5. The number of aryl methyl sites for hydroxylation is 1. The van der Waals surface area contributed by atoms with Crippen molar-refractivity contribution in [3.8, 4) is 0 Å². The second kappa shape index (κ2) is 14.9. The third-order valence-electron chi connectivity index (χ3n) is 11.3. The van der Waals surface area contributed by atoms with E-state index in [0.717, 1.165) is 86.6 Å². The maximum Gasteiger partial charge on any atom is 0.322 e. The maximum absolute atomic E-state index is 14.2. The summed E-state index contributed by atoms with van der Waals surface area (Å²) in [5.74, 6) is 1.04. The van der Waals surface area contributed by atoms with Crippen molar-refractivity contribution in [3.63, 3.8) is 0 Å². The highest BCUT2D eigenvalue weighted by Gasteiger charge is 2.36. The van der Waals surface area contributed by atoms with Crippen LogP contribution in [0.2, 0.25) is 5.02 Å². The van der Waals surface area contributed by atoms with Crippen LogP contribution in [0.4, 0.5) is 16.2 Å². The molecule has 0 aliphatic carbocycles. The minimum Gasteiger partial charge on any atom is -0.397 e. The van der Waals surface area contributed by atoms with E-state index < -0.39 is 5.92 Å². The van der Waals surface area contributed by atoms with E-state index in [1.807, 2.05) is 58.0 Å². The van der Waals surface area contributed by atoms with Gasteiger partial charge in [0.1, 0.15) is 0 Å². The van der Waals surface area contributed by atoms with Crippen molar-refractivity contribution in [1.29, 1.82) is 0 Å². The van der Waals surface area contributed by atoms with Gasteiger partial charge in [-0.3, -0.25) is 9.59 Å². The average Bonchev–Trinajstić information content (AvgIpc) is 3.09. The summed E-state index contributed by atoms with van der Waals surface area (Å²) in [6.45, 7) is 7.61. The zero-order chi connectivity index (χ0) is 33.1. The Kier molecular flexibility index (Phi) is 10.6. The predicted molar refractivity (Wildman–Crippen MR) is 187 cm³/mol. The molecular weight excluding hydrogens is 612 g/mol. The van der Waals surface area contributed by atoms with Gasteiger partial charge in [0.05, 0.1) is 16.6 Å². The monoisotopic (exact) mass is 662 g/mol. The highest BCUT2D eigenvalue weighted by molar-refractivity contribution is 6.33. The third kappa shape index (κ3) is 7.72. The lowest BCUT2D eigenvalue weighted by Crippen LogP contribution is -2.51. The normalized spacial score (nSPS) is 21.0. The van der Waals surface area contributed by atoms with Crippen LogP contribution in [0.1, 0.15) is 68.6 Å². The number of piperidine rings is 3. The summed E-state index contributed by atoms with van der Waals surface area (Å²) in [5.41, 5.74) is 10.7. The summed E-state index contributed by atoms with van der Waals surface area (Å²) in [6.07, 6.45) is 7.38. The van der Waals surface area contributed by atoms with Crippen LogP contribution in [0.3, 0.4) is 0 Å². The fourth-order valence-electron chi connectivity index (χ4n) is 8.31. The first-order chi connectivity index (χ1) is 22.7. The van der Waals surface area contributed by atoms with E-state index in [1.165, 1.54) is 12.8 Å². The Hall–Kier alpha value is -3.30. The van der Waals surface area contributed by atoms with Crippen LogP contribution in [0, 0.1) is 17.8 Å². The molecule has 3 fully saturated rings. The van der Waals surface area contributed by atoms with Crippen LogP contribution in [0.15, 0.2) is 36.4 Å². The van der Waals surface area contributed by atoms with Gasteiger partial charge in [-0.1, -0.05) is 42.8 Å². The smallest absolute Gasteiger partial charge is 0.322 e. The summed E-state index contributed by atoms with van der Waals surface area (Å²) in [4.78, 5) is 49.2. The second-order valence-corrected chi connectivity index (χ2v) is 14.6. The molecule has 0 spiro atoms. The van der Waals surface area contributed by atoms with E-state index >= 15 is 0 Å². The Bertz CT molecular complexity index is 1440. The first-order valence-electron chi connectivity index (χ1n) is 17.7. The van der Waals surface area contributed by atoms with Gasteiger partial charge < -0.3 is 30.7 Å². The van der Waals surface area contributed by atoms with E-state index in [9.17, 15) is 14.4 Å². The average molecular weight is 663 g/mol. The molecule has 10 heteroatoms. The molecule has 4 amide bonds. The number of carbonyl (C=O) groups excluding carboxylic acids is 3. The van der Waals surface area contributed by atoms with E-state index in [1.54, 1.807) is 0 Å². The topological polar surface area (TPSA) is 102 Å². The van der Waals surface area contributed by atoms with Gasteiger partial charge >= 0.3 is 6.03 Å². The number of carbonyl (C=O) groups is 3. The molecule has 3 saturated heterocycles. The van der Waals surface area contributed by atoms with Gasteiger partial charge in [-0.2, -0.15) is 0 Å². The van der Waals surface area contributed by atoms with E-state index in [4.69, 9.17) is 17.3 Å². The number of hydrogen-bond acceptors (Lipinski definition) is 5. The standard InChI is InChI=1S/C37H51ClN6O3/c1-3-26-20-25(22-32(38)35(26)39)21-30(36(46)43-16-10-28(11-17-43)27-8-14-41(2)15-9-27)23-34(45)42-18-12-31(13-19-42)44-24-29-6-4-5-7-33(29)40-37(44)47/h4-7,20,22,27-28,30-31H,3,8-19,21,23-24,39H2,1-2H3,(H,40,47)/t30-/m0/s1. The number of nitrogens with zero attached hydrogens (tertiary/aromatic N) is 4. The van der Waals surface area contributed by atoms with Crippen LogP contribution in [0.25, 0.3) is 0 Å². The molecule has 9 nitrogen and oxygen atoms in total. The summed E-state index contributed by atoms with van der Waals surface area (Å²) in [5, 5.41) is 3.52. The minimum absolute atomic E-state index is 0.00806. The zero-order valence-electron chi connectivity index (χ0n) is 28.1. The van der Waals surface area contributed by atoms with Gasteiger partial charge in [-0.05, 0) is 112 Å². The number of amides is 4. The molecule has 6 rings (SSSR count). The first-order valence-corrected chi connectivity index (χ1v) is 18.0. The lowest BCUT2D eigenvalue weighted by atomic mass is 9.78. The number of halogens is 1. The number of nitrogen functional groups attached to an aromatic ring is 1. The van der Waals surface area contributed by atoms with Crippen molar-refractivity contribution in [2.45, 2.75) is 77.3 Å². The van der Waals surface area contributed by atoms with Crippen LogP contribution in [-0.2, 0) is 29.0 Å². The Morgan fingerprint density at radius 3 is 2.26 bits per heavy atom. The number of fused-ring (bicyclic) bond motifs is 1. The summed E-state index contributed by atoms with van der Waals surface area (Å²) in [6, 6.07) is 11.8. The highest BCUT2D eigenvalue weighted by Crippen LogP contribution is 2.34. The van der Waals surface area contributed by atoms with Gasteiger partial charge in [-0.25, -0.2) is 4.79 Å². The molecular formula is C37H51ClN6O3. The molecule has 0 radical (unpaired) electrons. The molecule has 0 aromatic heterocycles. The van der Waals surface area contributed by atoms with Crippen molar-refractivity contribution in [3.05, 3.63) is 58.1 Å². The van der Waals surface area contributed by atoms with E-state index in [-0.39, 0.29) is 30.3 Å². The quantitative estimate of drug-likeness (QED) is 0.356. The molecule has 0 saturated carbocycles. The number of nitrogens with one attached hydrogen (secondary N) is 1. The van der Waals surface area contributed by atoms with Crippen molar-refractivity contribution in [2.24, 2.45) is 17.8 Å². The second-order valence-electron chi connectivity index (χ2n) is 14.2. The largest absolute Gasteiger partial charge is 0.397 e. The van der Waals surface area contributed by atoms with Crippen LogP contribution in [0.5, 0.6) is 0 Å². The van der Waals surface area contributed by atoms with Crippen LogP contribution < -0.4 is 11.1 Å². The maximum atomic E-state index is 14.2. The number of hydrogen-bond donors (Lipinski definition) is 2. The van der Waals surface area contributed by atoms with Crippen molar-refractivity contribution in [1.82, 2.24) is 19.6 Å². The van der Waals surface area contributed by atoms with Gasteiger partial charge in [0.2, 0.25) is 11.8 Å². The van der Waals surface area contributed by atoms with Crippen molar-refractivity contribution in [2.75, 3.05) is 57.4 Å². The zero-order valence-corrected chi connectivity index (χ0v) is 28.8. The van der Waals surface area contributed by atoms with Crippen LogP contribution in [-0.4, -0.2) is 89.8 Å². The Labute approximate surface area is 284 Å². The molecule has 0 unspecified atom stereocenters. The number of nitrogens with two attached hydrogens (primary N) is 1. The molecule has 3 N–H and O–H groups in total. The fraction of sp³-hybridized carbons (Fsp3) is 0.595. The van der Waals surface area contributed by atoms with Crippen LogP contribution >= 0.6 is 11.6 Å². The number of para-hydroxylation sites is 1. The lowest BCUT2D eigenvalue weighted by molar-refractivity contribution is -0.143. The van der Waals surface area contributed by atoms with Crippen molar-refractivity contribution < 1.29 is 14.4 Å². The van der Waals surface area contributed by atoms with Gasteiger partial charge in [0.25, 0.3) is 0 Å². The number of rotatable bonds is 8. The lowest BCUT2D eigenvalue weighted by Gasteiger charge is -2.41. The molecule has 254 valence electrons. The third-order valence-corrected chi connectivity index (χ3v) is 11.6. The van der Waals surface area contributed by atoms with Gasteiger partial charge in [0, 0.05) is 50.9 Å². The Morgan fingerprint density at radius 1 is 0.936 bits per heavy atom. The minimum atomic E-state index is -0.464. The SMILES string of the molecule is CCc1cc(C[C@@H](CC(=O)N2CCC(N3Cc4ccccc4NC3=O)CC2)C(=O)N2CCC(C3CCN(C)CC3)CC2)cc(Cl)c1N. The predicted octanol–water partition coefficient (Wildman–Crippen LogP) is 5.65. The fourth-order valence-corrected chi connectivity index (χ4v) is 8.57. The van der Waals surface area contributed by atoms with Crippen molar-refractivity contribution >= 4 is 40.8 Å².